The Bertz CT molecular complexity index is 1480. The lowest BCUT2D eigenvalue weighted by atomic mass is 9.89. The van der Waals surface area contributed by atoms with Crippen molar-refractivity contribution in [3.05, 3.63) is 53.5 Å². The van der Waals surface area contributed by atoms with E-state index in [1.54, 1.807) is 44.5 Å². The fourth-order valence-electron chi connectivity index (χ4n) is 8.30. The van der Waals surface area contributed by atoms with Crippen LogP contribution in [-0.2, 0) is 28.7 Å². The molecule has 4 amide bonds. The average molecular weight is 819 g/mol. The number of amides is 4. The van der Waals surface area contributed by atoms with Crippen LogP contribution in [0.5, 0.6) is 0 Å². The first kappa shape index (κ1) is 49.8. The van der Waals surface area contributed by atoms with Gasteiger partial charge in [-0.05, 0) is 62.6 Å². The molecule has 1 fully saturated rings. The number of hydrogen-bond acceptors (Lipinski definition) is 9. The van der Waals surface area contributed by atoms with Crippen LogP contribution < -0.4 is 10.6 Å². The van der Waals surface area contributed by atoms with E-state index in [-0.39, 0.29) is 68.8 Å². The van der Waals surface area contributed by atoms with Crippen molar-refractivity contribution in [2.75, 3.05) is 41.4 Å². The number of carbonyl (C=O) groups excluding carboxylic acids is 4. The van der Waals surface area contributed by atoms with Crippen LogP contribution in [0.2, 0.25) is 0 Å². The minimum Gasteiger partial charge on any atom is -0.379 e. The van der Waals surface area contributed by atoms with Gasteiger partial charge in [0.15, 0.2) is 0 Å². The van der Waals surface area contributed by atoms with Gasteiger partial charge in [0.25, 0.3) is 0 Å². The number of rotatable bonds is 25. The van der Waals surface area contributed by atoms with Crippen molar-refractivity contribution in [2.24, 2.45) is 23.7 Å². The van der Waals surface area contributed by atoms with Crippen molar-refractivity contribution >= 4 is 35.0 Å². The summed E-state index contributed by atoms with van der Waals surface area (Å²) in [6.07, 6.45) is 9.51. The first-order valence-electron chi connectivity index (χ1n) is 20.8. The van der Waals surface area contributed by atoms with Crippen LogP contribution in [0.3, 0.4) is 0 Å². The molecule has 1 aliphatic heterocycles. The molecular weight excluding hydrogens is 741 g/mol. The second-order valence-electron chi connectivity index (χ2n) is 16.3. The average Bonchev–Trinajstić information content (AvgIpc) is 3.89. The second-order valence-corrected chi connectivity index (χ2v) is 17.2. The predicted molar refractivity (Wildman–Crippen MR) is 235 cm³/mol. The zero-order chi connectivity index (χ0) is 43.0. The molecule has 2 heterocycles. The van der Waals surface area contributed by atoms with E-state index in [2.05, 4.69) is 54.4 Å². The van der Waals surface area contributed by atoms with Crippen molar-refractivity contribution in [2.45, 2.75) is 136 Å². The number of likely N-dealkylation sites (N-methyl/N-ethyl adjacent to an activating group) is 2. The zero-order valence-electron chi connectivity index (χ0n) is 37.0. The smallest absolute Gasteiger partial charge is 0.245 e. The second kappa shape index (κ2) is 24.5. The molecule has 9 atom stereocenters. The summed E-state index contributed by atoms with van der Waals surface area (Å²) in [5, 5.41) is 8.96. The minimum atomic E-state index is -0.756. The van der Waals surface area contributed by atoms with E-state index in [1.807, 2.05) is 58.0 Å². The molecule has 326 valence electrons. The molecule has 0 radical (unpaired) electrons. The van der Waals surface area contributed by atoms with Crippen LogP contribution >= 0.6 is 11.3 Å². The molecule has 0 saturated carbocycles. The summed E-state index contributed by atoms with van der Waals surface area (Å²) in [6, 6.07) is -2.27. The van der Waals surface area contributed by atoms with Gasteiger partial charge in [-0.2, -0.15) is 0 Å². The lowest BCUT2D eigenvalue weighted by Crippen LogP contribution is -2.60. The number of methoxy groups -OCH3 is 2. The SMILES string of the molecule is C=C/C=C(\C=C)C[C@H](NC(=O)[C@H](C)[C@@H](OC)[C@@H]1CCCN1C(=O)C[C@@H](OC)[C@H]([C@@H](C)CC)N(C)C(=O)[C@@H](NC(=O)[C@H](C(C)C)N(C)CCC)C(C)C)c1nccs1.[HH].[HH]. The van der Waals surface area contributed by atoms with E-state index in [9.17, 15) is 19.2 Å². The Morgan fingerprint density at radius 3 is 2.21 bits per heavy atom. The van der Waals surface area contributed by atoms with E-state index >= 15 is 0 Å². The van der Waals surface area contributed by atoms with E-state index in [1.165, 1.54) is 11.3 Å². The Morgan fingerprint density at radius 1 is 1.02 bits per heavy atom. The van der Waals surface area contributed by atoms with E-state index in [0.29, 0.717) is 19.4 Å². The molecule has 1 aromatic heterocycles. The highest BCUT2D eigenvalue weighted by molar-refractivity contribution is 7.09. The summed E-state index contributed by atoms with van der Waals surface area (Å²) < 4.78 is 12.1. The van der Waals surface area contributed by atoms with Crippen molar-refractivity contribution in [3.63, 3.8) is 0 Å². The number of hydrogen-bond donors (Lipinski definition) is 2. The normalized spacial score (nSPS) is 19.0. The van der Waals surface area contributed by atoms with Gasteiger partial charge in [-0.25, -0.2) is 4.98 Å². The number of allylic oxidation sites excluding steroid dienone is 3. The lowest BCUT2D eigenvalue weighted by molar-refractivity contribution is -0.148. The molecule has 12 nitrogen and oxygen atoms in total. The van der Waals surface area contributed by atoms with Crippen LogP contribution in [-0.4, -0.2) is 121 Å². The first-order valence-corrected chi connectivity index (χ1v) is 21.7. The topological polar surface area (TPSA) is 133 Å². The van der Waals surface area contributed by atoms with E-state index in [4.69, 9.17) is 9.47 Å². The molecule has 0 bridgehead atoms. The molecule has 1 aliphatic rings. The minimum absolute atomic E-state index is 0. The molecule has 2 N–H and O–H groups in total. The number of aromatic nitrogens is 1. The summed E-state index contributed by atoms with van der Waals surface area (Å²) in [5.41, 5.74) is 0.921. The summed E-state index contributed by atoms with van der Waals surface area (Å²) in [4.78, 5) is 66.4. The summed E-state index contributed by atoms with van der Waals surface area (Å²) in [6.45, 7) is 25.0. The Labute approximate surface area is 350 Å². The van der Waals surface area contributed by atoms with Gasteiger partial charge >= 0.3 is 0 Å². The third kappa shape index (κ3) is 13.6. The fraction of sp³-hybridized carbons (Fsp3) is 0.705. The molecular formula is C44H78N6O6S. The third-order valence-corrected chi connectivity index (χ3v) is 12.4. The van der Waals surface area contributed by atoms with Gasteiger partial charge in [0.1, 0.15) is 11.0 Å². The number of likely N-dealkylation sites (tertiary alicyclic amines) is 1. The Hall–Kier alpha value is -3.39. The van der Waals surface area contributed by atoms with Gasteiger partial charge in [0.05, 0.1) is 48.7 Å². The highest BCUT2D eigenvalue weighted by Crippen LogP contribution is 2.31. The van der Waals surface area contributed by atoms with E-state index in [0.717, 1.165) is 36.4 Å². The maximum absolute atomic E-state index is 14.4. The molecule has 1 saturated heterocycles. The van der Waals surface area contributed by atoms with Crippen molar-refractivity contribution in [1.82, 2.24) is 30.3 Å². The molecule has 0 aromatic carbocycles. The summed E-state index contributed by atoms with van der Waals surface area (Å²) in [5.74, 6) is -1.41. The number of nitrogens with one attached hydrogen (secondary N) is 2. The van der Waals surface area contributed by atoms with Crippen molar-refractivity contribution in [1.29, 1.82) is 0 Å². The zero-order valence-corrected chi connectivity index (χ0v) is 37.8. The van der Waals surface area contributed by atoms with Gasteiger partial charge in [0, 0.05) is 42.2 Å². The van der Waals surface area contributed by atoms with Crippen molar-refractivity contribution < 1.29 is 31.5 Å². The van der Waals surface area contributed by atoms with Crippen LogP contribution in [0.4, 0.5) is 0 Å². The number of carbonyl (C=O) groups is 4. The Morgan fingerprint density at radius 2 is 1.70 bits per heavy atom. The molecule has 0 unspecified atom stereocenters. The molecule has 1 aromatic rings. The summed E-state index contributed by atoms with van der Waals surface area (Å²) in [7, 11) is 6.87. The van der Waals surface area contributed by atoms with Gasteiger partial charge in [-0.1, -0.05) is 93.2 Å². The molecule has 2 rings (SSSR count). The molecule has 57 heavy (non-hydrogen) atoms. The number of nitrogens with zero attached hydrogens (tertiary/aromatic N) is 4. The lowest BCUT2D eigenvalue weighted by Gasteiger charge is -2.41. The van der Waals surface area contributed by atoms with E-state index < -0.39 is 30.2 Å². The van der Waals surface area contributed by atoms with Crippen molar-refractivity contribution in [3.8, 4) is 0 Å². The fourth-order valence-corrected chi connectivity index (χ4v) is 8.99. The predicted octanol–water partition coefficient (Wildman–Crippen LogP) is 6.91. The van der Waals surface area contributed by atoms with Gasteiger partial charge in [-0.3, -0.25) is 24.1 Å². The van der Waals surface area contributed by atoms with Crippen LogP contribution in [0, 0.1) is 23.7 Å². The monoisotopic (exact) mass is 819 g/mol. The quantitative estimate of drug-likeness (QED) is 0.102. The maximum atomic E-state index is 14.4. The molecule has 0 spiro atoms. The van der Waals surface area contributed by atoms with Gasteiger partial charge in [-0.15, -0.1) is 11.3 Å². The largest absolute Gasteiger partial charge is 0.379 e. The number of thiazole rings is 1. The van der Waals surface area contributed by atoms with Gasteiger partial charge < -0.3 is 29.9 Å². The standard InChI is InChI=1S/C44H74N6O6S.2H2/c1-15-20-32(18-4)26-33(43-45-22-25-57-43)46-41(52)31(10)40(56-14)34-21-19-24-50(34)36(51)27-35(55-13)39(30(9)17-3)49(12)44(54)37(28(5)6)47-42(53)38(29(7)8)48(11)23-16-2;;/h15,18,20,22,25,28-31,33-35,37-40H,1,4,16-17,19,21,23-24,26-27H2,2-3,5-14H3,(H,46,52)(H,47,53);2*1H/b32-20+;;/t30-,31+,33-,34-,35+,37-,38-,39-,40+;;/m0../s1. The molecule has 0 aliphatic carbocycles. The van der Waals surface area contributed by atoms with Crippen LogP contribution in [0.15, 0.2) is 48.5 Å². The van der Waals surface area contributed by atoms with Gasteiger partial charge in [0.2, 0.25) is 23.6 Å². The van der Waals surface area contributed by atoms with Crippen LogP contribution in [0.25, 0.3) is 0 Å². The Kier molecular flexibility index (Phi) is 21.4. The number of ether oxygens (including phenoxy) is 2. The summed E-state index contributed by atoms with van der Waals surface area (Å²) >= 11 is 1.47. The highest BCUT2D eigenvalue weighted by atomic mass is 32.1. The first-order chi connectivity index (χ1) is 27.0. The highest BCUT2D eigenvalue weighted by Gasteiger charge is 2.43. The maximum Gasteiger partial charge on any atom is 0.245 e. The Balaban J connectivity index is 0.0000168. The third-order valence-electron chi connectivity index (χ3n) is 11.5. The van der Waals surface area contributed by atoms with Crippen LogP contribution in [0.1, 0.15) is 108 Å². The molecule has 13 heteroatoms.